The molecule has 1 aliphatic carbocycles. The summed E-state index contributed by atoms with van der Waals surface area (Å²) in [6, 6.07) is 0.305. The molecule has 1 fully saturated rings. The number of hydrogen-bond donors (Lipinski definition) is 1. The molecule has 17 heavy (non-hydrogen) atoms. The number of hydrogen-bond acceptors (Lipinski definition) is 3. The second-order valence-electron chi connectivity index (χ2n) is 5.44. The van der Waals surface area contributed by atoms with Crippen LogP contribution in [0, 0.1) is 18.8 Å². The minimum absolute atomic E-state index is 0.305. The van der Waals surface area contributed by atoms with Crippen LogP contribution in [0.15, 0.2) is 12.4 Å². The molecule has 3 unspecified atom stereocenters. The van der Waals surface area contributed by atoms with Gasteiger partial charge >= 0.3 is 0 Å². The summed E-state index contributed by atoms with van der Waals surface area (Å²) >= 11 is 0. The van der Waals surface area contributed by atoms with Crippen LogP contribution in [0.2, 0.25) is 0 Å². The van der Waals surface area contributed by atoms with E-state index in [9.17, 15) is 0 Å². The molecular formula is C14H23N3. The van der Waals surface area contributed by atoms with E-state index >= 15 is 0 Å². The van der Waals surface area contributed by atoms with Crippen molar-refractivity contribution in [2.24, 2.45) is 11.8 Å². The minimum Gasteiger partial charge on any atom is -0.309 e. The fourth-order valence-electron chi connectivity index (χ4n) is 2.79. The van der Waals surface area contributed by atoms with Gasteiger partial charge in [0, 0.05) is 18.4 Å². The van der Waals surface area contributed by atoms with E-state index < -0.39 is 0 Å². The fraction of sp³-hybridized carbons (Fsp3) is 0.714. The first-order chi connectivity index (χ1) is 8.16. The highest BCUT2D eigenvalue weighted by atomic mass is 14.9. The lowest BCUT2D eigenvalue weighted by atomic mass is 10.1. The molecule has 0 saturated heterocycles. The Morgan fingerprint density at radius 2 is 2.12 bits per heavy atom. The number of aromatic nitrogens is 2. The Bertz CT molecular complexity index is 364. The SMILES string of the molecule is Cc1nccnc1C(C)NCC1CCC(C)C1. The van der Waals surface area contributed by atoms with Crippen LogP contribution in [-0.2, 0) is 0 Å². The van der Waals surface area contributed by atoms with Crippen molar-refractivity contribution in [3.8, 4) is 0 Å². The van der Waals surface area contributed by atoms with Gasteiger partial charge in [-0.2, -0.15) is 0 Å². The number of rotatable bonds is 4. The molecule has 1 aromatic rings. The van der Waals surface area contributed by atoms with Crippen molar-refractivity contribution in [3.63, 3.8) is 0 Å². The standard InChI is InChI=1S/C14H23N3/c1-10-4-5-13(8-10)9-17-12(3)14-11(2)15-6-7-16-14/h6-7,10,12-13,17H,4-5,8-9H2,1-3H3. The average molecular weight is 233 g/mol. The van der Waals surface area contributed by atoms with Crippen molar-refractivity contribution < 1.29 is 0 Å². The topological polar surface area (TPSA) is 37.8 Å². The molecular weight excluding hydrogens is 210 g/mol. The molecule has 94 valence electrons. The Hall–Kier alpha value is -0.960. The first-order valence-corrected chi connectivity index (χ1v) is 6.67. The van der Waals surface area contributed by atoms with Gasteiger partial charge in [-0.1, -0.05) is 13.3 Å². The molecule has 1 N–H and O–H groups in total. The van der Waals surface area contributed by atoms with Crippen molar-refractivity contribution in [1.29, 1.82) is 0 Å². The predicted octanol–water partition coefficient (Wildman–Crippen LogP) is 2.87. The van der Waals surface area contributed by atoms with Gasteiger partial charge in [0.15, 0.2) is 0 Å². The Labute approximate surface area is 104 Å². The Morgan fingerprint density at radius 1 is 1.35 bits per heavy atom. The zero-order valence-electron chi connectivity index (χ0n) is 11.1. The van der Waals surface area contributed by atoms with E-state index in [1.807, 2.05) is 6.92 Å². The summed E-state index contributed by atoms with van der Waals surface area (Å²) in [7, 11) is 0. The highest BCUT2D eigenvalue weighted by Gasteiger charge is 2.21. The van der Waals surface area contributed by atoms with E-state index in [1.54, 1.807) is 12.4 Å². The lowest BCUT2D eigenvalue weighted by Gasteiger charge is -2.17. The van der Waals surface area contributed by atoms with Crippen LogP contribution in [-0.4, -0.2) is 16.5 Å². The molecule has 0 radical (unpaired) electrons. The summed E-state index contributed by atoms with van der Waals surface area (Å²) in [4.78, 5) is 8.70. The first-order valence-electron chi connectivity index (χ1n) is 6.67. The van der Waals surface area contributed by atoms with E-state index in [2.05, 4.69) is 29.1 Å². The monoisotopic (exact) mass is 233 g/mol. The van der Waals surface area contributed by atoms with Crippen LogP contribution < -0.4 is 5.32 Å². The van der Waals surface area contributed by atoms with Crippen LogP contribution in [0.25, 0.3) is 0 Å². The van der Waals surface area contributed by atoms with Crippen molar-refractivity contribution in [2.75, 3.05) is 6.54 Å². The van der Waals surface area contributed by atoms with E-state index in [1.165, 1.54) is 19.3 Å². The maximum absolute atomic E-state index is 4.41. The lowest BCUT2D eigenvalue weighted by Crippen LogP contribution is -2.26. The molecule has 2 rings (SSSR count). The van der Waals surface area contributed by atoms with Gasteiger partial charge in [-0.3, -0.25) is 9.97 Å². The van der Waals surface area contributed by atoms with Crippen LogP contribution in [0.4, 0.5) is 0 Å². The van der Waals surface area contributed by atoms with E-state index in [4.69, 9.17) is 0 Å². The van der Waals surface area contributed by atoms with E-state index in [0.717, 1.165) is 29.8 Å². The van der Waals surface area contributed by atoms with Gasteiger partial charge in [0.2, 0.25) is 0 Å². The summed E-state index contributed by atoms with van der Waals surface area (Å²) in [6.07, 6.45) is 7.67. The normalized spacial score (nSPS) is 26.1. The molecule has 3 atom stereocenters. The molecule has 1 aliphatic rings. The second-order valence-corrected chi connectivity index (χ2v) is 5.44. The Morgan fingerprint density at radius 3 is 2.76 bits per heavy atom. The first kappa shape index (κ1) is 12.5. The quantitative estimate of drug-likeness (QED) is 0.869. The molecule has 0 spiro atoms. The second kappa shape index (κ2) is 5.58. The third kappa shape index (κ3) is 3.25. The third-order valence-corrected chi connectivity index (χ3v) is 3.85. The van der Waals surface area contributed by atoms with Crippen molar-refractivity contribution >= 4 is 0 Å². The van der Waals surface area contributed by atoms with Crippen LogP contribution >= 0.6 is 0 Å². The molecule has 0 aliphatic heterocycles. The Kier molecular flexibility index (Phi) is 4.11. The van der Waals surface area contributed by atoms with Gasteiger partial charge in [0.05, 0.1) is 11.4 Å². The van der Waals surface area contributed by atoms with E-state index in [0.29, 0.717) is 6.04 Å². The maximum Gasteiger partial charge on any atom is 0.0782 e. The van der Waals surface area contributed by atoms with Crippen LogP contribution in [0.1, 0.15) is 50.5 Å². The van der Waals surface area contributed by atoms with Crippen LogP contribution in [0.3, 0.4) is 0 Å². The van der Waals surface area contributed by atoms with Crippen molar-refractivity contribution in [2.45, 2.75) is 46.1 Å². The number of nitrogens with zero attached hydrogens (tertiary/aromatic N) is 2. The van der Waals surface area contributed by atoms with Crippen molar-refractivity contribution in [1.82, 2.24) is 15.3 Å². The molecule has 1 heterocycles. The fourth-order valence-corrected chi connectivity index (χ4v) is 2.79. The lowest BCUT2D eigenvalue weighted by molar-refractivity contribution is 0.435. The summed E-state index contributed by atoms with van der Waals surface area (Å²) in [5.41, 5.74) is 2.12. The van der Waals surface area contributed by atoms with Crippen molar-refractivity contribution in [3.05, 3.63) is 23.8 Å². The summed E-state index contributed by atoms with van der Waals surface area (Å²) in [6.45, 7) is 7.67. The van der Waals surface area contributed by atoms with E-state index in [-0.39, 0.29) is 0 Å². The smallest absolute Gasteiger partial charge is 0.0782 e. The zero-order chi connectivity index (χ0) is 12.3. The molecule has 0 bridgehead atoms. The van der Waals surface area contributed by atoms with Gasteiger partial charge < -0.3 is 5.32 Å². The molecule has 3 heteroatoms. The maximum atomic E-state index is 4.41. The summed E-state index contributed by atoms with van der Waals surface area (Å²) in [5, 5.41) is 3.60. The largest absolute Gasteiger partial charge is 0.309 e. The molecule has 1 aromatic heterocycles. The number of nitrogens with one attached hydrogen (secondary N) is 1. The summed E-state index contributed by atoms with van der Waals surface area (Å²) < 4.78 is 0. The van der Waals surface area contributed by atoms with Gasteiger partial charge in [-0.05, 0) is 45.1 Å². The number of aryl methyl sites for hydroxylation is 1. The Balaban J connectivity index is 1.85. The van der Waals surface area contributed by atoms with Gasteiger partial charge in [-0.25, -0.2) is 0 Å². The highest BCUT2D eigenvalue weighted by Crippen LogP contribution is 2.30. The predicted molar refractivity (Wildman–Crippen MR) is 69.7 cm³/mol. The molecule has 0 amide bonds. The van der Waals surface area contributed by atoms with Gasteiger partial charge in [0.1, 0.15) is 0 Å². The summed E-state index contributed by atoms with van der Waals surface area (Å²) in [5.74, 6) is 1.76. The molecule has 1 saturated carbocycles. The highest BCUT2D eigenvalue weighted by molar-refractivity contribution is 5.12. The minimum atomic E-state index is 0.305. The third-order valence-electron chi connectivity index (χ3n) is 3.85. The zero-order valence-corrected chi connectivity index (χ0v) is 11.1. The van der Waals surface area contributed by atoms with Crippen LogP contribution in [0.5, 0.6) is 0 Å². The average Bonchev–Trinajstić information content (AvgIpc) is 2.73. The molecule has 3 nitrogen and oxygen atoms in total. The molecule has 0 aromatic carbocycles. The van der Waals surface area contributed by atoms with Gasteiger partial charge in [-0.15, -0.1) is 0 Å². The van der Waals surface area contributed by atoms with Gasteiger partial charge in [0.25, 0.3) is 0 Å².